The van der Waals surface area contributed by atoms with Crippen molar-refractivity contribution in [2.45, 2.75) is 14.1 Å². The molecule has 0 bridgehead atoms. The summed E-state index contributed by atoms with van der Waals surface area (Å²) in [7, 11) is -4.26. The molecule has 11 heteroatoms. The van der Waals surface area contributed by atoms with Gasteiger partial charge in [0.1, 0.15) is 0 Å². The van der Waals surface area contributed by atoms with E-state index in [-0.39, 0.29) is 15.5 Å². The minimum Gasteiger partial charge on any atom is -0.332 e. The van der Waals surface area contributed by atoms with Crippen LogP contribution in [0.4, 0.5) is 0 Å². The fourth-order valence-electron chi connectivity index (χ4n) is 1.97. The van der Waals surface area contributed by atoms with Gasteiger partial charge in [0.2, 0.25) is 13.6 Å². The molecule has 0 radical (unpaired) electrons. The number of nitrogens with one attached hydrogen (secondary N) is 1. The van der Waals surface area contributed by atoms with Crippen molar-refractivity contribution in [3.63, 3.8) is 0 Å². The first-order valence-electron chi connectivity index (χ1n) is 6.75. The van der Waals surface area contributed by atoms with Crippen LogP contribution in [-0.4, -0.2) is 23.5 Å². The molecule has 26 heavy (non-hydrogen) atoms. The van der Waals surface area contributed by atoms with Crippen molar-refractivity contribution < 1.29 is 13.2 Å². The van der Waals surface area contributed by atoms with Gasteiger partial charge in [0.05, 0.1) is 15.5 Å². The van der Waals surface area contributed by atoms with Gasteiger partial charge < -0.3 is 5.32 Å². The van der Waals surface area contributed by atoms with Crippen molar-refractivity contribution >= 4 is 85.4 Å². The number of carbonyl (C=O) groups is 1. The van der Waals surface area contributed by atoms with Crippen molar-refractivity contribution in [2.24, 2.45) is 0 Å². The molecule has 1 atom stereocenters. The monoisotopic (exact) mass is 493 g/mol. The van der Waals surface area contributed by atoms with Gasteiger partial charge >= 0.3 is 0 Å². The molecule has 4 nitrogen and oxygen atoms in total. The Morgan fingerprint density at radius 2 is 1.46 bits per heavy atom. The number of benzene rings is 2. The van der Waals surface area contributed by atoms with E-state index in [4.69, 9.17) is 69.6 Å². The second-order valence-electron chi connectivity index (χ2n) is 5.02. The molecule has 2 rings (SSSR count). The van der Waals surface area contributed by atoms with E-state index >= 15 is 0 Å². The van der Waals surface area contributed by atoms with E-state index in [9.17, 15) is 13.2 Å². The molecule has 0 aliphatic carbocycles. The lowest BCUT2D eigenvalue weighted by molar-refractivity contribution is 0.0948. The molecule has 2 aromatic rings. The van der Waals surface area contributed by atoms with E-state index in [1.807, 2.05) is 0 Å². The third kappa shape index (κ3) is 5.10. The third-order valence-corrected chi connectivity index (χ3v) is 7.05. The van der Waals surface area contributed by atoms with E-state index in [1.54, 1.807) is 0 Å². The number of hydrogen-bond donors (Lipinski definition) is 1. The number of rotatable bonds is 4. The van der Waals surface area contributed by atoms with E-state index in [1.165, 1.54) is 42.5 Å². The van der Waals surface area contributed by atoms with E-state index in [0.29, 0.717) is 10.0 Å². The Hall–Kier alpha value is -0.400. The summed E-state index contributed by atoms with van der Waals surface area (Å²) in [5.74, 6) is -0.847. The van der Waals surface area contributed by atoms with Crippen molar-refractivity contribution in [1.29, 1.82) is 0 Å². The highest BCUT2D eigenvalue weighted by molar-refractivity contribution is 7.92. The van der Waals surface area contributed by atoms with Crippen LogP contribution in [0, 0.1) is 0 Å². The Balaban J connectivity index is 2.42. The molecule has 0 spiro atoms. The largest absolute Gasteiger partial charge is 0.332 e. The van der Waals surface area contributed by atoms with E-state index in [0.717, 1.165) is 0 Å². The summed E-state index contributed by atoms with van der Waals surface area (Å²) in [5, 5.41) is 0.974. The van der Waals surface area contributed by atoms with Crippen LogP contribution < -0.4 is 5.32 Å². The number of sulfone groups is 1. The Bertz CT molecular complexity index is 925. The van der Waals surface area contributed by atoms with Gasteiger partial charge in [0.25, 0.3) is 5.91 Å². The number of hydrogen-bond acceptors (Lipinski definition) is 3. The lowest BCUT2D eigenvalue weighted by atomic mass is 10.2. The first-order chi connectivity index (χ1) is 11.9. The Kier molecular flexibility index (Phi) is 7.00. The molecule has 0 saturated carbocycles. The highest BCUT2D eigenvalue weighted by Gasteiger charge is 2.44. The summed E-state index contributed by atoms with van der Waals surface area (Å²) in [4.78, 5) is 12.3. The van der Waals surface area contributed by atoms with Crippen molar-refractivity contribution in [3.8, 4) is 0 Å². The van der Waals surface area contributed by atoms with Crippen LogP contribution in [0.5, 0.6) is 0 Å². The average Bonchev–Trinajstić information content (AvgIpc) is 2.51. The summed E-state index contributed by atoms with van der Waals surface area (Å²) in [5.41, 5.74) is -0.0263. The van der Waals surface area contributed by atoms with Gasteiger partial charge in [-0.1, -0.05) is 69.6 Å². The molecule has 0 saturated heterocycles. The van der Waals surface area contributed by atoms with E-state index in [2.05, 4.69) is 5.32 Å². The van der Waals surface area contributed by atoms with Crippen LogP contribution >= 0.6 is 69.6 Å². The van der Waals surface area contributed by atoms with Crippen LogP contribution in [0.2, 0.25) is 15.1 Å². The zero-order chi connectivity index (χ0) is 19.7. The molecule has 0 aliphatic rings. The molecule has 0 aliphatic heterocycles. The zero-order valence-electron chi connectivity index (χ0n) is 12.5. The van der Waals surface area contributed by atoms with Gasteiger partial charge in [0.15, 0.2) is 5.37 Å². The lowest BCUT2D eigenvalue weighted by Gasteiger charge is -2.25. The highest BCUT2D eigenvalue weighted by atomic mass is 35.6. The second-order valence-corrected chi connectivity index (χ2v) is 10.7. The topological polar surface area (TPSA) is 63.2 Å². The van der Waals surface area contributed by atoms with Crippen molar-refractivity contribution in [3.05, 3.63) is 63.1 Å². The number of alkyl halides is 3. The van der Waals surface area contributed by atoms with Gasteiger partial charge in [-0.05, 0) is 42.5 Å². The summed E-state index contributed by atoms with van der Waals surface area (Å²) in [6, 6.07) is 9.27. The molecular formula is C15H9Cl6NO3S. The zero-order valence-corrected chi connectivity index (χ0v) is 17.9. The Morgan fingerprint density at radius 1 is 0.923 bits per heavy atom. The maximum atomic E-state index is 12.8. The molecule has 0 heterocycles. The van der Waals surface area contributed by atoms with Gasteiger partial charge in [-0.15, -0.1) is 0 Å². The quantitative estimate of drug-likeness (QED) is 0.566. The normalized spacial score (nSPS) is 13.3. The third-order valence-electron chi connectivity index (χ3n) is 3.19. The molecule has 140 valence electrons. The van der Waals surface area contributed by atoms with Crippen LogP contribution in [0.15, 0.2) is 47.4 Å². The molecule has 0 unspecified atom stereocenters. The van der Waals surface area contributed by atoms with Gasteiger partial charge in [-0.3, -0.25) is 4.79 Å². The van der Waals surface area contributed by atoms with E-state index < -0.39 is 24.9 Å². The van der Waals surface area contributed by atoms with Crippen molar-refractivity contribution in [1.82, 2.24) is 5.32 Å². The maximum Gasteiger partial charge on any atom is 0.253 e. The first kappa shape index (κ1) is 21.9. The average molecular weight is 496 g/mol. The molecule has 1 N–H and O–H groups in total. The van der Waals surface area contributed by atoms with Crippen LogP contribution in [0.3, 0.4) is 0 Å². The summed E-state index contributed by atoms with van der Waals surface area (Å²) >= 11 is 35.0. The summed E-state index contributed by atoms with van der Waals surface area (Å²) in [6.07, 6.45) is 0. The number of amides is 1. The van der Waals surface area contributed by atoms with Crippen molar-refractivity contribution in [2.75, 3.05) is 0 Å². The summed E-state index contributed by atoms with van der Waals surface area (Å²) < 4.78 is 23.3. The fourth-order valence-corrected chi connectivity index (χ4v) is 5.21. The Labute approximate surface area is 180 Å². The lowest BCUT2D eigenvalue weighted by Crippen LogP contribution is -2.49. The first-order valence-corrected chi connectivity index (χ1v) is 10.6. The van der Waals surface area contributed by atoms with Crippen LogP contribution in [-0.2, 0) is 9.84 Å². The molecule has 1 amide bonds. The van der Waals surface area contributed by atoms with Crippen LogP contribution in [0.25, 0.3) is 0 Å². The minimum absolute atomic E-state index is 0.0157. The summed E-state index contributed by atoms with van der Waals surface area (Å²) in [6.45, 7) is 0. The molecule has 2 aromatic carbocycles. The highest BCUT2D eigenvalue weighted by Crippen LogP contribution is 2.36. The number of carbonyl (C=O) groups excluding carboxylic acids is 1. The van der Waals surface area contributed by atoms with Gasteiger partial charge in [-0.25, -0.2) is 8.42 Å². The predicted octanol–water partition coefficient (Wildman–Crippen LogP) is 5.55. The fraction of sp³-hybridized carbons (Fsp3) is 0.133. The second kappa shape index (κ2) is 8.31. The molecule has 0 fully saturated rings. The minimum atomic E-state index is -4.26. The maximum absolute atomic E-state index is 12.8. The Morgan fingerprint density at radius 3 is 1.96 bits per heavy atom. The van der Waals surface area contributed by atoms with Crippen LogP contribution in [0.1, 0.15) is 10.4 Å². The standard InChI is InChI=1S/C15H9Cl6NO3S/c16-8-1-4-10(5-2-8)26(24,25)14(15(19,20)21)22-13(23)11-6-3-9(17)7-12(11)18/h1-7,14H,(H,22,23)/t14-/m1/s1. The smallest absolute Gasteiger partial charge is 0.253 e. The predicted molar refractivity (Wildman–Crippen MR) is 107 cm³/mol. The molecule has 0 aromatic heterocycles. The van der Waals surface area contributed by atoms with Gasteiger partial charge in [0, 0.05) is 10.0 Å². The molecular weight excluding hydrogens is 487 g/mol. The number of halogens is 6. The SMILES string of the molecule is O=C(N[C@@H](C(Cl)(Cl)Cl)S(=O)(=O)c1ccc(Cl)cc1)c1ccc(Cl)cc1Cl. The van der Waals surface area contributed by atoms with Gasteiger partial charge in [-0.2, -0.15) is 0 Å².